The zero-order chi connectivity index (χ0) is 21.8. The van der Waals surface area contributed by atoms with Gasteiger partial charge >= 0.3 is 12.1 Å². The number of ether oxygens (including phenoxy) is 3. The molecule has 0 fully saturated rings. The van der Waals surface area contributed by atoms with Gasteiger partial charge < -0.3 is 35.7 Å². The Morgan fingerprint density at radius 2 is 1.93 bits per heavy atom. The van der Waals surface area contributed by atoms with E-state index in [1.54, 1.807) is 45.9 Å². The Morgan fingerprint density at radius 1 is 1.24 bits per heavy atom. The molecule has 0 saturated carbocycles. The van der Waals surface area contributed by atoms with E-state index >= 15 is 0 Å². The van der Waals surface area contributed by atoms with Crippen molar-refractivity contribution < 1.29 is 33.7 Å². The molecule has 2 amide bonds. The first-order valence-electron chi connectivity index (χ1n) is 9.15. The maximum absolute atomic E-state index is 12.1. The van der Waals surface area contributed by atoms with Crippen LogP contribution in [0.3, 0.4) is 0 Å². The maximum atomic E-state index is 12.1. The second-order valence-corrected chi connectivity index (χ2v) is 7.71. The van der Waals surface area contributed by atoms with Crippen molar-refractivity contribution in [1.29, 1.82) is 0 Å². The Bertz CT molecular complexity index is 776. The minimum atomic E-state index is -1.10. The molecule has 0 aliphatic carbocycles. The highest BCUT2D eigenvalue weighted by molar-refractivity contribution is 5.82. The van der Waals surface area contributed by atoms with Gasteiger partial charge in [-0.2, -0.15) is 0 Å². The molecular weight excluding hydrogens is 382 g/mol. The molecule has 0 aromatic heterocycles. The van der Waals surface area contributed by atoms with Crippen LogP contribution in [-0.2, 0) is 20.7 Å². The number of nitrogens with one attached hydrogen (secondary N) is 2. The number of benzene rings is 1. The summed E-state index contributed by atoms with van der Waals surface area (Å²) < 4.78 is 16.6. The minimum Gasteiger partial charge on any atom is -0.481 e. The molecule has 1 aromatic carbocycles. The molecule has 1 aromatic rings. The summed E-state index contributed by atoms with van der Waals surface area (Å²) in [6.07, 6.45) is -1.86. The van der Waals surface area contributed by atoms with Gasteiger partial charge in [0.1, 0.15) is 18.2 Å². The fourth-order valence-electron chi connectivity index (χ4n) is 2.53. The number of carboxylic acid groups (broad SMARTS) is 1. The van der Waals surface area contributed by atoms with Gasteiger partial charge in [-0.25, -0.2) is 4.79 Å². The summed E-state index contributed by atoms with van der Waals surface area (Å²) in [5.41, 5.74) is 5.56. The fourth-order valence-corrected chi connectivity index (χ4v) is 2.53. The first-order chi connectivity index (χ1) is 13.4. The van der Waals surface area contributed by atoms with Crippen LogP contribution >= 0.6 is 0 Å². The normalized spacial score (nSPS) is 19.1. The molecule has 160 valence electrons. The second-order valence-electron chi connectivity index (χ2n) is 7.71. The first kappa shape index (κ1) is 22.3. The Kier molecular flexibility index (Phi) is 6.91. The summed E-state index contributed by atoms with van der Waals surface area (Å²) in [6.45, 7) is 6.59. The second kappa shape index (κ2) is 8.99. The van der Waals surface area contributed by atoms with E-state index in [4.69, 9.17) is 25.1 Å². The van der Waals surface area contributed by atoms with E-state index in [2.05, 4.69) is 10.6 Å². The summed E-state index contributed by atoms with van der Waals surface area (Å²) >= 11 is 0. The van der Waals surface area contributed by atoms with Gasteiger partial charge in [0.15, 0.2) is 17.6 Å². The molecule has 0 radical (unpaired) electrons. The number of carbonyl (C=O) groups is 3. The molecule has 2 unspecified atom stereocenters. The van der Waals surface area contributed by atoms with Crippen molar-refractivity contribution in [2.75, 3.05) is 6.54 Å². The van der Waals surface area contributed by atoms with E-state index in [9.17, 15) is 14.4 Å². The number of carboxylic acids is 1. The molecular formula is C19H27N3O7. The third kappa shape index (κ3) is 6.83. The van der Waals surface area contributed by atoms with Crippen molar-refractivity contribution >= 4 is 18.0 Å². The highest BCUT2D eigenvalue weighted by Crippen LogP contribution is 2.34. The lowest BCUT2D eigenvalue weighted by Gasteiger charge is -2.32. The fraction of sp³-hybridized carbons (Fsp3) is 0.526. The third-order valence-corrected chi connectivity index (χ3v) is 3.87. The standard InChI is InChI=1S/C19H27N3O7/c1-10-16(22-15(23)9-21-18(26)29-19(2,3)4)28-14-8-11(5-6-13(14)27-10)7-12(20)17(24)25/h5-6,8,10,12,16H,7,9,20H2,1-4H3,(H,21,26)(H,22,23)(H,24,25)/t10?,12-,16?/m0/s1. The topological polar surface area (TPSA) is 149 Å². The van der Waals surface area contributed by atoms with Crippen molar-refractivity contribution in [3.8, 4) is 11.5 Å². The average molecular weight is 409 g/mol. The summed E-state index contributed by atoms with van der Waals surface area (Å²) in [6, 6.07) is 3.97. The lowest BCUT2D eigenvalue weighted by Crippen LogP contribution is -2.52. The zero-order valence-electron chi connectivity index (χ0n) is 16.9. The van der Waals surface area contributed by atoms with Crippen LogP contribution in [0.25, 0.3) is 0 Å². The lowest BCUT2D eigenvalue weighted by atomic mass is 10.1. The van der Waals surface area contributed by atoms with Crippen LogP contribution in [-0.4, -0.2) is 53.6 Å². The molecule has 29 heavy (non-hydrogen) atoms. The van der Waals surface area contributed by atoms with Crippen molar-refractivity contribution in [3.63, 3.8) is 0 Å². The average Bonchev–Trinajstić information content (AvgIpc) is 2.59. The van der Waals surface area contributed by atoms with E-state index in [1.807, 2.05) is 0 Å². The van der Waals surface area contributed by atoms with Crippen molar-refractivity contribution in [2.24, 2.45) is 5.73 Å². The predicted molar refractivity (Wildman–Crippen MR) is 103 cm³/mol. The Labute approximate surface area is 168 Å². The van der Waals surface area contributed by atoms with Crippen LogP contribution in [0.15, 0.2) is 18.2 Å². The number of amides is 2. The van der Waals surface area contributed by atoms with Crippen LogP contribution in [0.5, 0.6) is 11.5 Å². The SMILES string of the molecule is CC1Oc2ccc(C[C@H](N)C(=O)O)cc2OC1NC(=O)CNC(=O)OC(C)(C)C. The number of alkyl carbamates (subject to hydrolysis) is 1. The van der Waals surface area contributed by atoms with Crippen molar-refractivity contribution in [1.82, 2.24) is 10.6 Å². The molecule has 5 N–H and O–H groups in total. The number of nitrogens with two attached hydrogens (primary N) is 1. The number of rotatable bonds is 6. The van der Waals surface area contributed by atoms with Gasteiger partial charge in [-0.05, 0) is 51.8 Å². The minimum absolute atomic E-state index is 0.123. The maximum Gasteiger partial charge on any atom is 0.408 e. The van der Waals surface area contributed by atoms with Crippen LogP contribution in [0.2, 0.25) is 0 Å². The highest BCUT2D eigenvalue weighted by Gasteiger charge is 2.30. The molecule has 1 heterocycles. The molecule has 2 rings (SSSR count). The largest absolute Gasteiger partial charge is 0.481 e. The molecule has 3 atom stereocenters. The van der Waals surface area contributed by atoms with Crippen molar-refractivity contribution in [3.05, 3.63) is 23.8 Å². The molecule has 0 saturated heterocycles. The van der Waals surface area contributed by atoms with Crippen LogP contribution in [0, 0.1) is 0 Å². The predicted octanol–water partition coefficient (Wildman–Crippen LogP) is 0.768. The van der Waals surface area contributed by atoms with E-state index in [0.29, 0.717) is 17.1 Å². The van der Waals surface area contributed by atoms with E-state index in [1.165, 1.54) is 0 Å². The number of aliphatic carboxylic acids is 1. The molecule has 1 aliphatic heterocycles. The van der Waals surface area contributed by atoms with E-state index < -0.39 is 41.9 Å². The third-order valence-electron chi connectivity index (χ3n) is 3.87. The smallest absolute Gasteiger partial charge is 0.408 e. The van der Waals surface area contributed by atoms with E-state index in [-0.39, 0.29) is 13.0 Å². The monoisotopic (exact) mass is 409 g/mol. The molecule has 0 bridgehead atoms. The Balaban J connectivity index is 1.94. The molecule has 10 heteroatoms. The van der Waals surface area contributed by atoms with Gasteiger partial charge in [0.2, 0.25) is 12.1 Å². The van der Waals surface area contributed by atoms with Gasteiger partial charge in [-0.1, -0.05) is 6.07 Å². The Morgan fingerprint density at radius 3 is 2.55 bits per heavy atom. The quantitative estimate of drug-likeness (QED) is 0.538. The molecule has 10 nitrogen and oxygen atoms in total. The van der Waals surface area contributed by atoms with Crippen molar-refractivity contribution in [2.45, 2.75) is 58.1 Å². The highest BCUT2D eigenvalue weighted by atomic mass is 16.6. The van der Waals surface area contributed by atoms with Gasteiger partial charge in [-0.15, -0.1) is 0 Å². The van der Waals surface area contributed by atoms with Gasteiger partial charge in [0, 0.05) is 0 Å². The number of hydrogen-bond donors (Lipinski definition) is 4. The van der Waals surface area contributed by atoms with Gasteiger partial charge in [-0.3, -0.25) is 9.59 Å². The number of hydrogen-bond acceptors (Lipinski definition) is 7. The Hall–Kier alpha value is -3.01. The summed E-state index contributed by atoms with van der Waals surface area (Å²) in [5.74, 6) is -0.744. The zero-order valence-corrected chi connectivity index (χ0v) is 16.9. The van der Waals surface area contributed by atoms with Gasteiger partial charge in [0.25, 0.3) is 0 Å². The van der Waals surface area contributed by atoms with Crippen LogP contribution in [0.4, 0.5) is 4.79 Å². The summed E-state index contributed by atoms with van der Waals surface area (Å²) in [7, 11) is 0. The first-order valence-corrected chi connectivity index (χ1v) is 9.15. The number of carbonyl (C=O) groups excluding carboxylic acids is 2. The van der Waals surface area contributed by atoms with Gasteiger partial charge in [0.05, 0.1) is 0 Å². The molecule has 1 aliphatic rings. The van der Waals surface area contributed by atoms with Crippen LogP contribution < -0.4 is 25.8 Å². The number of fused-ring (bicyclic) bond motifs is 1. The summed E-state index contributed by atoms with van der Waals surface area (Å²) in [5, 5.41) is 13.9. The van der Waals surface area contributed by atoms with E-state index in [0.717, 1.165) is 0 Å². The lowest BCUT2D eigenvalue weighted by molar-refractivity contribution is -0.138. The van der Waals surface area contributed by atoms with Crippen LogP contribution in [0.1, 0.15) is 33.3 Å². The summed E-state index contributed by atoms with van der Waals surface area (Å²) in [4.78, 5) is 34.7. The molecule has 0 spiro atoms.